The van der Waals surface area contributed by atoms with Crippen LogP contribution in [0, 0.1) is 0 Å². The van der Waals surface area contributed by atoms with E-state index in [-0.39, 0.29) is 31.1 Å². The fourth-order valence-corrected chi connectivity index (χ4v) is 5.08. The highest BCUT2D eigenvalue weighted by atomic mass is 32.2. The van der Waals surface area contributed by atoms with Gasteiger partial charge in [-0.05, 0) is 45.3 Å². The van der Waals surface area contributed by atoms with Crippen LogP contribution in [0.25, 0.3) is 5.52 Å². The minimum atomic E-state index is -2.56. The highest BCUT2D eigenvalue weighted by Crippen LogP contribution is 2.37. The summed E-state index contributed by atoms with van der Waals surface area (Å²) < 4.78 is 36.2. The van der Waals surface area contributed by atoms with Crippen LogP contribution in [-0.2, 0) is 4.74 Å². The molecule has 6 nitrogen and oxygen atoms in total. The van der Waals surface area contributed by atoms with Crippen LogP contribution in [0.15, 0.2) is 23.5 Å². The largest absolute Gasteiger partial charge is 0.367 e. The molecule has 2 saturated heterocycles. The molecule has 2 aromatic heterocycles. The Morgan fingerprint density at radius 1 is 1.31 bits per heavy atom. The summed E-state index contributed by atoms with van der Waals surface area (Å²) in [5.74, 6) is -2.56. The van der Waals surface area contributed by atoms with Crippen LogP contribution in [0.5, 0.6) is 0 Å². The van der Waals surface area contributed by atoms with Crippen LogP contribution < -0.4 is 0 Å². The van der Waals surface area contributed by atoms with Gasteiger partial charge in [-0.1, -0.05) is 0 Å². The lowest BCUT2D eigenvalue weighted by Crippen LogP contribution is -2.53. The molecule has 0 spiro atoms. The van der Waals surface area contributed by atoms with Gasteiger partial charge >= 0.3 is 0 Å². The van der Waals surface area contributed by atoms with Crippen molar-refractivity contribution in [2.45, 2.75) is 54.9 Å². The van der Waals surface area contributed by atoms with Crippen molar-refractivity contribution in [3.8, 4) is 0 Å². The van der Waals surface area contributed by atoms with E-state index in [1.165, 1.54) is 0 Å². The summed E-state index contributed by atoms with van der Waals surface area (Å²) in [6.45, 7) is 1.78. The number of hydrogen-bond donors (Lipinski definition) is 0. The van der Waals surface area contributed by atoms with Crippen LogP contribution in [-0.4, -0.2) is 82.5 Å². The Kier molecular flexibility index (Phi) is 6.11. The molecule has 2 fully saturated rings. The summed E-state index contributed by atoms with van der Waals surface area (Å²) in [5.41, 5.74) is 2.03. The summed E-state index contributed by atoms with van der Waals surface area (Å²) >= 11 is 1.60. The zero-order chi connectivity index (χ0) is 20.6. The van der Waals surface area contributed by atoms with Gasteiger partial charge in [-0.15, -0.1) is 11.8 Å². The van der Waals surface area contributed by atoms with Crippen molar-refractivity contribution in [2.24, 2.45) is 0 Å². The van der Waals surface area contributed by atoms with Crippen molar-refractivity contribution < 1.29 is 13.5 Å². The highest BCUT2D eigenvalue weighted by molar-refractivity contribution is 7.98. The maximum absolute atomic E-state index is 14.0. The molecule has 0 bridgehead atoms. The Labute approximate surface area is 174 Å². The molecule has 0 amide bonds. The van der Waals surface area contributed by atoms with E-state index in [2.05, 4.69) is 21.0 Å². The molecule has 0 saturated carbocycles. The van der Waals surface area contributed by atoms with E-state index in [0.29, 0.717) is 19.6 Å². The fraction of sp³-hybridized carbons (Fsp3) is 0.700. The number of halogens is 2. The molecule has 2 aliphatic heterocycles. The topological polar surface area (TPSA) is 45.9 Å². The molecular weight excluding hydrogens is 396 g/mol. The van der Waals surface area contributed by atoms with Gasteiger partial charge in [-0.25, -0.2) is 18.3 Å². The van der Waals surface area contributed by atoms with Gasteiger partial charge in [0.25, 0.3) is 5.92 Å². The van der Waals surface area contributed by atoms with Crippen molar-refractivity contribution in [1.82, 2.24) is 24.4 Å². The van der Waals surface area contributed by atoms with Crippen LogP contribution in [0.1, 0.15) is 37.5 Å². The first-order valence-electron chi connectivity index (χ1n) is 10.1. The molecule has 0 aliphatic carbocycles. The summed E-state index contributed by atoms with van der Waals surface area (Å²) in [6.07, 6.45) is 5.33. The number of aromatic nitrogens is 3. The Hall–Kier alpha value is -1.29. The van der Waals surface area contributed by atoms with E-state index < -0.39 is 5.92 Å². The third kappa shape index (κ3) is 4.57. The average Bonchev–Trinajstić information content (AvgIpc) is 3.29. The third-order valence-corrected chi connectivity index (χ3v) is 6.61. The molecule has 4 heterocycles. The van der Waals surface area contributed by atoms with Crippen molar-refractivity contribution >= 4 is 17.3 Å². The minimum Gasteiger partial charge on any atom is -0.367 e. The van der Waals surface area contributed by atoms with Crippen molar-refractivity contribution in [3.63, 3.8) is 0 Å². The van der Waals surface area contributed by atoms with Gasteiger partial charge in [0.05, 0.1) is 17.3 Å². The highest BCUT2D eigenvalue weighted by Gasteiger charge is 2.41. The Morgan fingerprint density at radius 3 is 2.90 bits per heavy atom. The van der Waals surface area contributed by atoms with Crippen molar-refractivity contribution in [2.75, 3.05) is 40.0 Å². The number of thioether (sulfide) groups is 1. The Morgan fingerprint density at radius 2 is 2.14 bits per heavy atom. The van der Waals surface area contributed by atoms with Crippen LogP contribution in [0.2, 0.25) is 0 Å². The smallest absolute Gasteiger partial charge is 0.250 e. The van der Waals surface area contributed by atoms with E-state index in [1.807, 2.05) is 35.8 Å². The van der Waals surface area contributed by atoms with Gasteiger partial charge < -0.3 is 9.64 Å². The number of piperidine rings is 1. The first-order chi connectivity index (χ1) is 13.9. The molecule has 0 aromatic carbocycles. The van der Waals surface area contributed by atoms with Crippen LogP contribution in [0.3, 0.4) is 0 Å². The number of hydrogen-bond acceptors (Lipinski definition) is 6. The number of alkyl halides is 2. The molecular formula is C20H29F2N5OS. The number of rotatable bonds is 6. The summed E-state index contributed by atoms with van der Waals surface area (Å²) in [6, 6.07) is 3.97. The van der Waals surface area contributed by atoms with Gasteiger partial charge in [0.1, 0.15) is 17.5 Å². The molecule has 0 N–H and O–H groups in total. The van der Waals surface area contributed by atoms with Gasteiger partial charge in [-0.3, -0.25) is 4.90 Å². The molecule has 2 aliphatic rings. The van der Waals surface area contributed by atoms with Crippen molar-refractivity contribution in [1.29, 1.82) is 0 Å². The van der Waals surface area contributed by atoms with Gasteiger partial charge in [-0.2, -0.15) is 5.10 Å². The van der Waals surface area contributed by atoms with Crippen molar-refractivity contribution in [3.05, 3.63) is 24.2 Å². The molecule has 9 heteroatoms. The molecule has 2 aromatic rings. The Balaban J connectivity index is 1.43. The molecule has 0 radical (unpaired) electrons. The molecule has 3 atom stereocenters. The fourth-order valence-electron chi connectivity index (χ4n) is 4.56. The third-order valence-electron chi connectivity index (χ3n) is 5.91. The molecule has 29 heavy (non-hydrogen) atoms. The zero-order valence-electron chi connectivity index (χ0n) is 17.2. The number of ether oxygens (including phenoxy) is 1. The first-order valence-corrected chi connectivity index (χ1v) is 11.4. The SMILES string of the molecule is CSc1ncnn2c([C@H]3CC[C@@H](CN4CCC(F)(F)C[C@H]4CN(C)C)O3)ccc12. The van der Waals surface area contributed by atoms with E-state index in [1.54, 1.807) is 18.1 Å². The van der Waals surface area contributed by atoms with Gasteiger partial charge in [0.2, 0.25) is 0 Å². The predicted molar refractivity (Wildman–Crippen MR) is 110 cm³/mol. The summed E-state index contributed by atoms with van der Waals surface area (Å²) in [7, 11) is 3.88. The number of likely N-dealkylation sites (tertiary alicyclic amines) is 1. The molecule has 160 valence electrons. The number of nitrogens with zero attached hydrogens (tertiary/aromatic N) is 5. The second kappa shape index (κ2) is 8.45. The molecule has 4 rings (SSSR count). The summed E-state index contributed by atoms with van der Waals surface area (Å²) in [4.78, 5) is 8.52. The second-order valence-electron chi connectivity index (χ2n) is 8.37. The second-order valence-corrected chi connectivity index (χ2v) is 9.16. The average molecular weight is 426 g/mol. The van der Waals surface area contributed by atoms with Crippen LogP contribution in [0.4, 0.5) is 8.78 Å². The minimum absolute atomic E-state index is 0.0226. The Bertz CT molecular complexity index is 845. The predicted octanol–water partition coefficient (Wildman–Crippen LogP) is 3.33. The lowest BCUT2D eigenvalue weighted by molar-refractivity contribution is -0.0922. The van der Waals surface area contributed by atoms with E-state index in [4.69, 9.17) is 4.74 Å². The quantitative estimate of drug-likeness (QED) is 0.662. The number of likely N-dealkylation sites (N-methyl/N-ethyl adjacent to an activating group) is 1. The van der Waals surface area contributed by atoms with E-state index in [0.717, 1.165) is 29.1 Å². The maximum atomic E-state index is 14.0. The normalized spacial score (nSPS) is 27.9. The van der Waals surface area contributed by atoms with E-state index >= 15 is 0 Å². The molecule has 0 unspecified atom stereocenters. The zero-order valence-corrected chi connectivity index (χ0v) is 18.0. The summed E-state index contributed by atoms with van der Waals surface area (Å²) in [5, 5.41) is 5.35. The van der Waals surface area contributed by atoms with Gasteiger partial charge in [0.15, 0.2) is 0 Å². The van der Waals surface area contributed by atoms with E-state index in [9.17, 15) is 8.78 Å². The lowest BCUT2D eigenvalue weighted by atomic mass is 9.97. The van der Waals surface area contributed by atoms with Crippen LogP contribution >= 0.6 is 11.8 Å². The first kappa shape index (κ1) is 21.0. The standard InChI is InChI=1S/C20H29F2N5OS/c1-25(2)11-14-10-20(21,22)8-9-26(14)12-15-4-7-18(28-15)16-5-6-17-19(29-3)23-13-24-27(16)17/h5-6,13-15,18H,4,7-12H2,1-3H3/t14-,15-,18+/m0/s1. The lowest BCUT2D eigenvalue weighted by Gasteiger charge is -2.41. The van der Waals surface area contributed by atoms with Gasteiger partial charge in [0, 0.05) is 38.5 Å². The maximum Gasteiger partial charge on any atom is 0.250 e. The number of fused-ring (bicyclic) bond motifs is 1. The monoisotopic (exact) mass is 425 g/mol.